The van der Waals surface area contributed by atoms with Crippen molar-refractivity contribution < 1.29 is 44.2 Å². The van der Waals surface area contributed by atoms with E-state index in [1.54, 1.807) is 0 Å². The van der Waals surface area contributed by atoms with Gasteiger partial charge in [-0.05, 0) is 116 Å². The first kappa shape index (κ1) is 62.1. The Morgan fingerprint density at radius 1 is 0.471 bits per heavy atom. The minimum atomic E-state index is -1.56. The van der Waals surface area contributed by atoms with E-state index in [-0.39, 0.29) is 25.6 Å². The van der Waals surface area contributed by atoms with Gasteiger partial charge in [0, 0.05) is 13.0 Å². The smallest absolute Gasteiger partial charge is 0.306 e. The van der Waals surface area contributed by atoms with Gasteiger partial charge in [-0.3, -0.25) is 4.79 Å². The number of unbranched alkanes of at least 4 members (excludes halogenated alkanes) is 7. The van der Waals surface area contributed by atoms with Gasteiger partial charge in [-0.15, -0.1) is 0 Å². The Labute approximate surface area is 412 Å². The van der Waals surface area contributed by atoms with Crippen LogP contribution >= 0.6 is 0 Å². The van der Waals surface area contributed by atoms with Gasteiger partial charge in [0.2, 0.25) is 0 Å². The van der Waals surface area contributed by atoms with Crippen LogP contribution in [-0.2, 0) is 23.7 Å². The molecule has 1 aliphatic heterocycles. The molecule has 1 rings (SSSR count). The van der Waals surface area contributed by atoms with Crippen molar-refractivity contribution >= 4 is 5.97 Å². The first-order valence-corrected chi connectivity index (χ1v) is 25.9. The van der Waals surface area contributed by atoms with Gasteiger partial charge in [0.25, 0.3) is 0 Å². The third-order valence-electron chi connectivity index (χ3n) is 10.8. The topological polar surface area (TPSA) is 135 Å². The third kappa shape index (κ3) is 38.0. The molecule has 0 radical (unpaired) electrons. The van der Waals surface area contributed by atoms with E-state index in [0.717, 1.165) is 128 Å². The predicted molar refractivity (Wildman–Crippen MR) is 283 cm³/mol. The minimum Gasteiger partial charge on any atom is -0.457 e. The van der Waals surface area contributed by atoms with Crippen LogP contribution in [0.1, 0.15) is 155 Å². The fourth-order valence-corrected chi connectivity index (χ4v) is 6.79. The second-order valence-electron chi connectivity index (χ2n) is 16.8. The van der Waals surface area contributed by atoms with Crippen LogP contribution in [0, 0.1) is 0 Å². The normalized spacial score (nSPS) is 20.4. The fraction of sp³-hybridized carbons (Fsp3) is 0.576. The molecule has 0 spiro atoms. The quantitative estimate of drug-likeness (QED) is 0.0268. The molecule has 6 unspecified atom stereocenters. The van der Waals surface area contributed by atoms with Gasteiger partial charge in [0.15, 0.2) is 6.29 Å². The number of ether oxygens (including phenoxy) is 4. The lowest BCUT2D eigenvalue weighted by atomic mass is 9.99. The van der Waals surface area contributed by atoms with Crippen LogP contribution in [0.25, 0.3) is 0 Å². The summed E-state index contributed by atoms with van der Waals surface area (Å²) >= 11 is 0. The third-order valence-corrected chi connectivity index (χ3v) is 10.8. The number of hydrogen-bond donors (Lipinski definition) is 4. The SMILES string of the molecule is CC/C=C\C/C=C\C/C=C\C/C=C\C/C=C\C/C=C\CCCCCCC(=O)OC(COCCCCC/C=C\C/C=C\C/C=C\C/C=C\C/C=C\C/C=C\CC)COC1OC(CO)C(O)C(O)C1O. The Morgan fingerprint density at radius 2 is 0.853 bits per heavy atom. The second kappa shape index (κ2) is 48.1. The lowest BCUT2D eigenvalue weighted by Crippen LogP contribution is -2.59. The Balaban J connectivity index is 2.29. The zero-order valence-corrected chi connectivity index (χ0v) is 42.0. The molecule has 0 aromatic rings. The van der Waals surface area contributed by atoms with Crippen LogP contribution in [0.2, 0.25) is 0 Å². The van der Waals surface area contributed by atoms with Crippen molar-refractivity contribution in [2.45, 2.75) is 192 Å². The molecule has 382 valence electrons. The second-order valence-corrected chi connectivity index (χ2v) is 16.8. The van der Waals surface area contributed by atoms with Gasteiger partial charge < -0.3 is 39.4 Å². The van der Waals surface area contributed by atoms with Gasteiger partial charge in [-0.2, -0.15) is 0 Å². The van der Waals surface area contributed by atoms with Crippen LogP contribution in [0.5, 0.6) is 0 Å². The molecule has 68 heavy (non-hydrogen) atoms. The number of aliphatic hydroxyl groups is 4. The number of hydrogen-bond acceptors (Lipinski definition) is 9. The Bertz CT molecular complexity index is 1540. The summed E-state index contributed by atoms with van der Waals surface area (Å²) in [5.74, 6) is -0.357. The number of rotatable bonds is 42. The van der Waals surface area contributed by atoms with E-state index in [4.69, 9.17) is 18.9 Å². The molecule has 6 atom stereocenters. The molecular formula is C59H92O9. The summed E-state index contributed by atoms with van der Waals surface area (Å²) in [5, 5.41) is 40.3. The molecule has 1 saturated heterocycles. The lowest BCUT2D eigenvalue weighted by molar-refractivity contribution is -0.305. The summed E-state index contributed by atoms with van der Waals surface area (Å²) in [7, 11) is 0. The molecule has 1 aliphatic rings. The van der Waals surface area contributed by atoms with Crippen LogP contribution in [0.3, 0.4) is 0 Å². The van der Waals surface area contributed by atoms with Crippen molar-refractivity contribution in [1.82, 2.24) is 0 Å². The molecule has 9 nitrogen and oxygen atoms in total. The summed E-state index contributed by atoms with van der Waals surface area (Å²) < 4.78 is 22.8. The van der Waals surface area contributed by atoms with Crippen molar-refractivity contribution in [2.24, 2.45) is 0 Å². The average molecular weight is 945 g/mol. The first-order chi connectivity index (χ1) is 33.4. The maximum atomic E-state index is 12.8. The molecule has 0 saturated carbocycles. The summed E-state index contributed by atoms with van der Waals surface area (Å²) in [5.41, 5.74) is 0. The van der Waals surface area contributed by atoms with Gasteiger partial charge in [-0.25, -0.2) is 0 Å². The van der Waals surface area contributed by atoms with E-state index < -0.39 is 43.4 Å². The largest absolute Gasteiger partial charge is 0.457 e. The summed E-state index contributed by atoms with van der Waals surface area (Å²) in [4.78, 5) is 12.8. The predicted octanol–water partition coefficient (Wildman–Crippen LogP) is 13.0. The number of aliphatic hydroxyl groups excluding tert-OH is 4. The molecule has 1 fully saturated rings. The highest BCUT2D eigenvalue weighted by Crippen LogP contribution is 2.22. The average Bonchev–Trinajstić information content (AvgIpc) is 3.34. The molecule has 0 bridgehead atoms. The zero-order valence-electron chi connectivity index (χ0n) is 42.0. The minimum absolute atomic E-state index is 0.0995. The van der Waals surface area contributed by atoms with Crippen molar-refractivity contribution in [3.05, 3.63) is 146 Å². The molecule has 0 aliphatic carbocycles. The maximum Gasteiger partial charge on any atom is 0.306 e. The Kier molecular flexibility index (Phi) is 43.9. The number of esters is 1. The van der Waals surface area contributed by atoms with E-state index in [2.05, 4.69) is 160 Å². The van der Waals surface area contributed by atoms with Crippen LogP contribution in [0.15, 0.2) is 146 Å². The highest BCUT2D eigenvalue weighted by molar-refractivity contribution is 5.69. The number of allylic oxidation sites excluding steroid dienone is 24. The van der Waals surface area contributed by atoms with E-state index >= 15 is 0 Å². The Hall–Kier alpha value is -3.93. The van der Waals surface area contributed by atoms with Crippen molar-refractivity contribution in [3.8, 4) is 0 Å². The summed E-state index contributed by atoms with van der Waals surface area (Å²) in [6, 6.07) is 0. The van der Waals surface area contributed by atoms with Crippen LogP contribution in [0.4, 0.5) is 0 Å². The van der Waals surface area contributed by atoms with Crippen molar-refractivity contribution in [2.75, 3.05) is 26.4 Å². The van der Waals surface area contributed by atoms with Crippen LogP contribution < -0.4 is 0 Å². The number of carbonyl (C=O) groups excluding carboxylic acids is 1. The van der Waals surface area contributed by atoms with E-state index in [0.29, 0.717) is 13.0 Å². The molecule has 9 heteroatoms. The first-order valence-electron chi connectivity index (χ1n) is 25.9. The van der Waals surface area contributed by atoms with Crippen molar-refractivity contribution in [1.29, 1.82) is 0 Å². The maximum absolute atomic E-state index is 12.8. The van der Waals surface area contributed by atoms with E-state index in [1.165, 1.54) is 0 Å². The van der Waals surface area contributed by atoms with Gasteiger partial charge in [0.1, 0.15) is 30.5 Å². The fourth-order valence-electron chi connectivity index (χ4n) is 6.79. The zero-order chi connectivity index (χ0) is 49.2. The van der Waals surface area contributed by atoms with Gasteiger partial charge in [-0.1, -0.05) is 179 Å². The monoisotopic (exact) mass is 945 g/mol. The molecule has 4 N–H and O–H groups in total. The Morgan fingerprint density at radius 3 is 1.26 bits per heavy atom. The van der Waals surface area contributed by atoms with E-state index in [1.807, 2.05) is 0 Å². The van der Waals surface area contributed by atoms with E-state index in [9.17, 15) is 25.2 Å². The summed E-state index contributed by atoms with van der Waals surface area (Å²) in [6.45, 7) is 4.18. The molecule has 0 aromatic carbocycles. The molecule has 1 heterocycles. The molecule has 0 aromatic heterocycles. The van der Waals surface area contributed by atoms with Crippen LogP contribution in [-0.4, -0.2) is 89.6 Å². The lowest BCUT2D eigenvalue weighted by Gasteiger charge is -2.39. The van der Waals surface area contributed by atoms with Gasteiger partial charge in [0.05, 0.1) is 19.8 Å². The highest BCUT2D eigenvalue weighted by atomic mass is 16.7. The van der Waals surface area contributed by atoms with Crippen molar-refractivity contribution in [3.63, 3.8) is 0 Å². The standard InChI is InChI=1S/C59H92O9/c1-3-5-7-9-11-13-15-17-19-21-23-25-27-28-30-32-34-36-38-40-42-44-46-48-55(61)67-53(52-66-59-58(64)57(63)56(62)54(50-60)68-59)51-65-49-47-45-43-41-39-37-35-33-31-29-26-24-22-20-18-16-14-12-10-8-6-4-2/h5-8,11-14,17-20,23-26,28,30-31,33-34,36-37,39,53-54,56-60,62-64H,3-4,9-10,15-16,21-22,27,29,32,35,38,40-52H2,1-2H3/b7-5-,8-6-,13-11-,14-12-,19-17-,20-18-,25-23-,26-24-,30-28-,33-31-,36-34-,39-37-. The molecular weight excluding hydrogens is 853 g/mol. The summed E-state index contributed by atoms with van der Waals surface area (Å²) in [6.07, 6.45) is 65.9. The number of carbonyl (C=O) groups is 1. The highest BCUT2D eigenvalue weighted by Gasteiger charge is 2.44. The van der Waals surface area contributed by atoms with Gasteiger partial charge >= 0.3 is 5.97 Å². The molecule has 0 amide bonds.